The molecule has 1 aliphatic rings. The summed E-state index contributed by atoms with van der Waals surface area (Å²) in [6.07, 6.45) is 6.77. The average Bonchev–Trinajstić information content (AvgIpc) is 3.11. The van der Waals surface area contributed by atoms with Crippen LogP contribution in [0, 0.1) is 0 Å². The number of ether oxygens (including phenoxy) is 1. The molecule has 1 amide bonds. The van der Waals surface area contributed by atoms with Gasteiger partial charge in [-0.05, 0) is 6.07 Å². The number of hydrogen-bond donors (Lipinski definition) is 1. The molecule has 1 atom stereocenters. The third kappa shape index (κ3) is 2.50. The highest BCUT2D eigenvalue weighted by atomic mass is 16.5. The van der Waals surface area contributed by atoms with Crippen LogP contribution in [-0.4, -0.2) is 50.3 Å². The molecule has 1 N–H and O–H groups in total. The summed E-state index contributed by atoms with van der Waals surface area (Å²) >= 11 is 0. The molecular formula is C12H15N5O2. The zero-order valence-electron chi connectivity index (χ0n) is 10.4. The van der Waals surface area contributed by atoms with Crippen LogP contribution in [0.25, 0.3) is 0 Å². The summed E-state index contributed by atoms with van der Waals surface area (Å²) in [5.41, 5.74) is 0.902. The predicted molar refractivity (Wildman–Crippen MR) is 66.1 cm³/mol. The van der Waals surface area contributed by atoms with Crippen LogP contribution < -0.4 is 0 Å². The predicted octanol–water partition coefficient (Wildman–Crippen LogP) is 0.206. The van der Waals surface area contributed by atoms with Crippen LogP contribution >= 0.6 is 0 Å². The summed E-state index contributed by atoms with van der Waals surface area (Å²) in [5.74, 6) is 0.0564. The summed E-state index contributed by atoms with van der Waals surface area (Å²) in [6, 6.07) is 1.78. The molecule has 100 valence electrons. The number of carbonyl (C=O) groups is 1. The Kier molecular flexibility index (Phi) is 3.28. The lowest BCUT2D eigenvalue weighted by Crippen LogP contribution is -2.44. The first-order valence-electron chi connectivity index (χ1n) is 6.17. The number of nitrogens with one attached hydrogen (secondary N) is 1. The molecule has 2 aromatic heterocycles. The molecule has 19 heavy (non-hydrogen) atoms. The van der Waals surface area contributed by atoms with Gasteiger partial charge in [0.1, 0.15) is 6.54 Å². The Morgan fingerprint density at radius 1 is 1.53 bits per heavy atom. The molecule has 2 aromatic rings. The molecule has 3 heterocycles. The summed E-state index contributed by atoms with van der Waals surface area (Å²) in [7, 11) is 0. The van der Waals surface area contributed by atoms with Gasteiger partial charge in [0.25, 0.3) is 0 Å². The molecule has 0 radical (unpaired) electrons. The number of amides is 1. The van der Waals surface area contributed by atoms with Crippen molar-refractivity contribution < 1.29 is 9.53 Å². The van der Waals surface area contributed by atoms with Crippen molar-refractivity contribution in [1.82, 2.24) is 24.6 Å². The molecule has 7 heteroatoms. The van der Waals surface area contributed by atoms with E-state index in [9.17, 15) is 4.79 Å². The highest BCUT2D eigenvalue weighted by Gasteiger charge is 2.29. The number of hydrogen-bond acceptors (Lipinski definition) is 4. The number of imidazole rings is 1. The topological polar surface area (TPSA) is 76.0 Å². The van der Waals surface area contributed by atoms with Crippen molar-refractivity contribution in [2.45, 2.75) is 12.6 Å². The summed E-state index contributed by atoms with van der Waals surface area (Å²) in [4.78, 5) is 18.1. The Labute approximate surface area is 110 Å². The highest BCUT2D eigenvalue weighted by molar-refractivity contribution is 5.76. The van der Waals surface area contributed by atoms with Gasteiger partial charge in [0.2, 0.25) is 5.91 Å². The van der Waals surface area contributed by atoms with Crippen molar-refractivity contribution in [2.24, 2.45) is 0 Å². The molecule has 3 rings (SSSR count). The molecule has 0 bridgehead atoms. The molecule has 1 fully saturated rings. The van der Waals surface area contributed by atoms with E-state index in [-0.39, 0.29) is 11.9 Å². The van der Waals surface area contributed by atoms with Crippen molar-refractivity contribution in [2.75, 3.05) is 19.8 Å². The minimum absolute atomic E-state index is 0.0564. The molecule has 1 aliphatic heterocycles. The van der Waals surface area contributed by atoms with E-state index in [0.29, 0.717) is 26.3 Å². The number of morpholine rings is 1. The van der Waals surface area contributed by atoms with Crippen LogP contribution in [0.1, 0.15) is 11.7 Å². The Morgan fingerprint density at radius 3 is 3.21 bits per heavy atom. The first-order chi connectivity index (χ1) is 9.34. The van der Waals surface area contributed by atoms with Crippen molar-refractivity contribution in [3.63, 3.8) is 0 Å². The SMILES string of the molecule is O=C(Cn1ccnc1)N1CCOC[C@@H]1c1ccn[nH]1. The lowest BCUT2D eigenvalue weighted by molar-refractivity contribution is -0.141. The molecule has 0 aromatic carbocycles. The van der Waals surface area contributed by atoms with Crippen molar-refractivity contribution >= 4 is 5.91 Å². The number of carbonyl (C=O) groups excluding carboxylic acids is 1. The lowest BCUT2D eigenvalue weighted by Gasteiger charge is -2.35. The first-order valence-corrected chi connectivity index (χ1v) is 6.17. The van der Waals surface area contributed by atoms with Crippen LogP contribution in [0.4, 0.5) is 0 Å². The van der Waals surface area contributed by atoms with Crippen LogP contribution in [0.2, 0.25) is 0 Å². The van der Waals surface area contributed by atoms with E-state index in [2.05, 4.69) is 15.2 Å². The van der Waals surface area contributed by atoms with Gasteiger partial charge in [-0.25, -0.2) is 4.98 Å². The fraction of sp³-hybridized carbons (Fsp3) is 0.417. The maximum atomic E-state index is 12.4. The van der Waals surface area contributed by atoms with Crippen molar-refractivity contribution in [3.05, 3.63) is 36.7 Å². The van der Waals surface area contributed by atoms with Gasteiger partial charge in [-0.1, -0.05) is 0 Å². The lowest BCUT2D eigenvalue weighted by atomic mass is 10.1. The molecular weight excluding hydrogens is 246 g/mol. The van der Waals surface area contributed by atoms with Gasteiger partial charge in [0.15, 0.2) is 0 Å². The smallest absolute Gasteiger partial charge is 0.243 e. The molecule has 1 saturated heterocycles. The number of aromatic nitrogens is 4. The maximum absolute atomic E-state index is 12.4. The minimum atomic E-state index is -0.0905. The molecule has 0 aliphatic carbocycles. The van der Waals surface area contributed by atoms with E-state index < -0.39 is 0 Å². The monoisotopic (exact) mass is 261 g/mol. The fourth-order valence-electron chi connectivity index (χ4n) is 2.24. The van der Waals surface area contributed by atoms with Crippen molar-refractivity contribution in [1.29, 1.82) is 0 Å². The number of H-pyrrole nitrogens is 1. The standard InChI is InChI=1S/C12H15N5O2/c18-12(7-16-4-3-13-9-16)17-5-6-19-8-11(17)10-1-2-14-15-10/h1-4,9,11H,5-8H2,(H,14,15)/t11-/m1/s1. The Morgan fingerprint density at radius 2 is 2.47 bits per heavy atom. The largest absolute Gasteiger partial charge is 0.377 e. The van der Waals surface area contributed by atoms with Crippen LogP contribution in [0.5, 0.6) is 0 Å². The third-order valence-corrected chi connectivity index (χ3v) is 3.21. The van der Waals surface area contributed by atoms with Gasteiger partial charge in [0.05, 0.1) is 31.3 Å². The molecule has 0 unspecified atom stereocenters. The van der Waals surface area contributed by atoms with Gasteiger partial charge in [-0.2, -0.15) is 5.10 Å². The van der Waals surface area contributed by atoms with Gasteiger partial charge < -0.3 is 14.2 Å². The quantitative estimate of drug-likeness (QED) is 0.856. The van der Waals surface area contributed by atoms with E-state index in [1.54, 1.807) is 29.5 Å². The zero-order chi connectivity index (χ0) is 13.1. The van der Waals surface area contributed by atoms with Gasteiger partial charge in [-0.15, -0.1) is 0 Å². The number of aromatic amines is 1. The van der Waals surface area contributed by atoms with E-state index in [4.69, 9.17) is 4.74 Å². The van der Waals surface area contributed by atoms with Gasteiger partial charge >= 0.3 is 0 Å². The van der Waals surface area contributed by atoms with Gasteiger partial charge in [-0.3, -0.25) is 9.89 Å². The molecule has 0 saturated carbocycles. The Hall–Kier alpha value is -2.15. The first kappa shape index (κ1) is 11.9. The number of rotatable bonds is 3. The van der Waals surface area contributed by atoms with Crippen molar-refractivity contribution in [3.8, 4) is 0 Å². The maximum Gasteiger partial charge on any atom is 0.243 e. The van der Waals surface area contributed by atoms with E-state index in [1.807, 2.05) is 11.0 Å². The van der Waals surface area contributed by atoms with Gasteiger partial charge in [0, 0.05) is 25.1 Å². The fourth-order valence-corrected chi connectivity index (χ4v) is 2.24. The normalized spacial score (nSPS) is 19.6. The van der Waals surface area contributed by atoms with E-state index >= 15 is 0 Å². The second-order valence-corrected chi connectivity index (χ2v) is 4.42. The second kappa shape index (κ2) is 5.23. The van der Waals surface area contributed by atoms with Crippen LogP contribution in [0.3, 0.4) is 0 Å². The molecule has 7 nitrogen and oxygen atoms in total. The average molecular weight is 261 g/mol. The second-order valence-electron chi connectivity index (χ2n) is 4.42. The summed E-state index contributed by atoms with van der Waals surface area (Å²) in [6.45, 7) is 1.96. The minimum Gasteiger partial charge on any atom is -0.377 e. The molecule has 0 spiro atoms. The summed E-state index contributed by atoms with van der Waals surface area (Å²) in [5, 5.41) is 6.84. The highest BCUT2D eigenvalue weighted by Crippen LogP contribution is 2.22. The Balaban J connectivity index is 1.75. The Bertz CT molecular complexity index is 522. The zero-order valence-corrected chi connectivity index (χ0v) is 10.4. The van der Waals surface area contributed by atoms with Crippen LogP contribution in [0.15, 0.2) is 31.0 Å². The van der Waals surface area contributed by atoms with E-state index in [0.717, 1.165) is 5.69 Å². The van der Waals surface area contributed by atoms with E-state index in [1.165, 1.54) is 0 Å². The number of nitrogens with zero attached hydrogens (tertiary/aromatic N) is 4. The summed E-state index contributed by atoms with van der Waals surface area (Å²) < 4.78 is 7.23. The van der Waals surface area contributed by atoms with Crippen LogP contribution in [-0.2, 0) is 16.1 Å². The third-order valence-electron chi connectivity index (χ3n) is 3.21.